The maximum absolute atomic E-state index is 12.5. The number of urea groups is 1. The quantitative estimate of drug-likeness (QED) is 0.174. The van der Waals surface area contributed by atoms with Crippen LogP contribution in [0.2, 0.25) is 5.02 Å². The van der Waals surface area contributed by atoms with E-state index in [0.717, 1.165) is 5.69 Å². The molecule has 0 fully saturated rings. The van der Waals surface area contributed by atoms with Crippen molar-refractivity contribution in [3.63, 3.8) is 0 Å². The van der Waals surface area contributed by atoms with Crippen molar-refractivity contribution < 1.29 is 23.8 Å². The highest BCUT2D eigenvalue weighted by atomic mass is 35.5. The van der Waals surface area contributed by atoms with Crippen LogP contribution >= 0.6 is 11.6 Å². The maximum atomic E-state index is 12.5. The van der Waals surface area contributed by atoms with Crippen LogP contribution in [0.15, 0.2) is 48.7 Å². The lowest BCUT2D eigenvalue weighted by atomic mass is 9.92. The molecule has 0 radical (unpaired) electrons. The lowest BCUT2D eigenvalue weighted by Gasteiger charge is -2.15. The highest BCUT2D eigenvalue weighted by molar-refractivity contribution is 6.34. The van der Waals surface area contributed by atoms with Crippen molar-refractivity contribution in [1.29, 1.82) is 0 Å². The molecular formula is C28H31ClN6O5. The Morgan fingerprint density at radius 3 is 2.45 bits per heavy atom. The van der Waals surface area contributed by atoms with E-state index in [2.05, 4.69) is 31.1 Å². The first-order valence-corrected chi connectivity index (χ1v) is 12.8. The second-order valence-corrected chi connectivity index (χ2v) is 10.3. The number of benzene rings is 2. The van der Waals surface area contributed by atoms with E-state index in [4.69, 9.17) is 25.8 Å². The van der Waals surface area contributed by atoms with Gasteiger partial charge in [0.15, 0.2) is 0 Å². The number of anilines is 3. The van der Waals surface area contributed by atoms with Gasteiger partial charge >= 0.3 is 6.03 Å². The number of halogens is 1. The minimum Gasteiger partial charge on any atom is -0.489 e. The minimum atomic E-state index is -0.478. The van der Waals surface area contributed by atoms with Crippen molar-refractivity contribution in [2.75, 3.05) is 36.3 Å². The van der Waals surface area contributed by atoms with Crippen LogP contribution in [-0.4, -0.2) is 47.4 Å². The Bertz CT molecular complexity index is 1530. The normalized spacial score (nSPS) is 11.2. The summed E-state index contributed by atoms with van der Waals surface area (Å²) >= 11 is 6.46. The molecule has 0 aliphatic rings. The number of carbonyl (C=O) groups excluding carboxylic acids is 2. The Labute approximate surface area is 236 Å². The van der Waals surface area contributed by atoms with E-state index < -0.39 is 6.03 Å². The number of carbonyl (C=O) groups is 2. The van der Waals surface area contributed by atoms with Gasteiger partial charge in [0.25, 0.3) is 0 Å². The second-order valence-electron chi connectivity index (χ2n) is 9.94. The van der Waals surface area contributed by atoms with Gasteiger partial charge in [0.05, 0.1) is 34.2 Å². The largest absolute Gasteiger partial charge is 0.489 e. The van der Waals surface area contributed by atoms with E-state index in [9.17, 15) is 9.59 Å². The Balaban J connectivity index is 1.51. The molecule has 12 heteroatoms. The van der Waals surface area contributed by atoms with Gasteiger partial charge in [-0.25, -0.2) is 4.79 Å². The first-order chi connectivity index (χ1) is 19.0. The highest BCUT2D eigenvalue weighted by Gasteiger charge is 2.18. The molecule has 11 nitrogen and oxygen atoms in total. The molecule has 0 unspecified atom stereocenters. The van der Waals surface area contributed by atoms with E-state index >= 15 is 0 Å². The van der Waals surface area contributed by atoms with Crippen LogP contribution in [0.1, 0.15) is 33.4 Å². The van der Waals surface area contributed by atoms with Crippen LogP contribution in [0.3, 0.4) is 0 Å². The number of aromatic amines is 1. The fourth-order valence-electron chi connectivity index (χ4n) is 3.71. The first kappa shape index (κ1) is 28.7. The van der Waals surface area contributed by atoms with Gasteiger partial charge in [-0.2, -0.15) is 5.10 Å². The molecule has 4 N–H and O–H groups in total. The van der Waals surface area contributed by atoms with Crippen molar-refractivity contribution in [1.82, 2.24) is 15.2 Å². The number of amides is 3. The Hall–Kier alpha value is -4.35. The van der Waals surface area contributed by atoms with Gasteiger partial charge < -0.3 is 24.8 Å². The zero-order valence-electron chi connectivity index (χ0n) is 22.8. The molecule has 0 spiro atoms. The summed E-state index contributed by atoms with van der Waals surface area (Å²) in [6.45, 7) is 8.21. The minimum absolute atomic E-state index is 0.155. The summed E-state index contributed by atoms with van der Waals surface area (Å²) < 4.78 is 16.9. The third-order valence-corrected chi connectivity index (χ3v) is 5.98. The van der Waals surface area contributed by atoms with Gasteiger partial charge in [0.2, 0.25) is 5.91 Å². The number of nitrogens with zero attached hydrogens (tertiary/aromatic N) is 2. The molecule has 0 saturated heterocycles. The maximum Gasteiger partial charge on any atom is 0.324 e. The van der Waals surface area contributed by atoms with Crippen LogP contribution in [0, 0.1) is 0 Å². The molecule has 2 heterocycles. The van der Waals surface area contributed by atoms with Gasteiger partial charge in [-0.1, -0.05) is 32.4 Å². The number of pyridine rings is 1. The highest BCUT2D eigenvalue weighted by Crippen LogP contribution is 2.37. The number of rotatable bonds is 9. The lowest BCUT2D eigenvalue weighted by molar-refractivity contribution is -0.114. The number of aromatic nitrogens is 3. The molecule has 0 aliphatic carbocycles. The van der Waals surface area contributed by atoms with E-state index in [-0.39, 0.29) is 16.3 Å². The summed E-state index contributed by atoms with van der Waals surface area (Å²) in [4.78, 5) is 28.7. The fraction of sp³-hybridized carbons (Fsp3) is 0.286. The summed E-state index contributed by atoms with van der Waals surface area (Å²) in [5, 5.41) is 16.2. The van der Waals surface area contributed by atoms with Crippen LogP contribution in [-0.2, 0) is 14.9 Å². The van der Waals surface area contributed by atoms with E-state index in [1.165, 1.54) is 6.92 Å². The van der Waals surface area contributed by atoms with E-state index in [1.807, 2.05) is 20.8 Å². The topological polar surface area (TPSA) is 139 Å². The predicted octanol–water partition coefficient (Wildman–Crippen LogP) is 6.33. The Kier molecular flexibility index (Phi) is 8.76. The molecule has 0 saturated carbocycles. The number of methoxy groups -OCH3 is 1. The van der Waals surface area contributed by atoms with Gasteiger partial charge in [-0.05, 0) is 24.3 Å². The standard InChI is InChI=1S/C28H31ClN6O5/c1-16(36)31-22-13-18-21(14-24(22)39-11-10-38-5)30-9-8-23(18)40-17-6-7-20(19(29)12-17)32-27(37)33-26-15-25(34-35-26)28(2,3)4/h6-9,12-15H,10-11H2,1-5H3,(H,31,36)(H3,32,33,34,35,37). The predicted molar refractivity (Wildman–Crippen MR) is 155 cm³/mol. The zero-order valence-corrected chi connectivity index (χ0v) is 23.6. The van der Waals surface area contributed by atoms with Crippen LogP contribution < -0.4 is 25.4 Å². The summed E-state index contributed by atoms with van der Waals surface area (Å²) in [6.07, 6.45) is 1.61. The Morgan fingerprint density at radius 2 is 1.77 bits per heavy atom. The summed E-state index contributed by atoms with van der Waals surface area (Å²) in [7, 11) is 1.58. The third kappa shape index (κ3) is 7.19. The number of H-pyrrole nitrogens is 1. The molecule has 40 heavy (non-hydrogen) atoms. The van der Waals surface area contributed by atoms with Gasteiger partial charge in [-0.15, -0.1) is 0 Å². The molecule has 2 aromatic carbocycles. The number of ether oxygens (including phenoxy) is 3. The van der Waals surface area contributed by atoms with Gasteiger partial charge in [0, 0.05) is 49.2 Å². The Morgan fingerprint density at radius 1 is 0.975 bits per heavy atom. The van der Waals surface area contributed by atoms with E-state index in [1.54, 1.807) is 55.8 Å². The molecule has 210 valence electrons. The smallest absolute Gasteiger partial charge is 0.324 e. The molecule has 0 bridgehead atoms. The molecule has 4 aromatic rings. The average molecular weight is 567 g/mol. The lowest BCUT2D eigenvalue weighted by Crippen LogP contribution is -2.19. The monoisotopic (exact) mass is 566 g/mol. The number of hydrogen-bond donors (Lipinski definition) is 4. The molecule has 2 aromatic heterocycles. The van der Waals surface area contributed by atoms with Crippen molar-refractivity contribution in [3.8, 4) is 17.2 Å². The van der Waals surface area contributed by atoms with E-state index in [0.29, 0.717) is 58.6 Å². The second kappa shape index (κ2) is 12.2. The SMILES string of the molecule is COCCOc1cc2nccc(Oc3ccc(NC(=O)Nc4cc(C(C)(C)C)n[nH]4)c(Cl)c3)c2cc1NC(C)=O. The summed E-state index contributed by atoms with van der Waals surface area (Å²) in [5.41, 5.74) is 2.15. The molecule has 0 aliphatic heterocycles. The van der Waals surface area contributed by atoms with Crippen LogP contribution in [0.25, 0.3) is 10.9 Å². The van der Waals surface area contributed by atoms with Crippen molar-refractivity contribution >= 4 is 51.6 Å². The molecular weight excluding hydrogens is 536 g/mol. The summed E-state index contributed by atoms with van der Waals surface area (Å²) in [5.74, 6) is 1.61. The average Bonchev–Trinajstić information content (AvgIpc) is 3.35. The number of hydrogen-bond acceptors (Lipinski definition) is 7. The third-order valence-electron chi connectivity index (χ3n) is 5.67. The van der Waals surface area contributed by atoms with Crippen molar-refractivity contribution in [2.24, 2.45) is 0 Å². The zero-order chi connectivity index (χ0) is 28.9. The molecule has 4 rings (SSSR count). The number of nitrogens with one attached hydrogen (secondary N) is 4. The summed E-state index contributed by atoms with van der Waals surface area (Å²) in [6, 6.07) is 11.4. The first-order valence-electron chi connectivity index (χ1n) is 12.5. The fourth-order valence-corrected chi connectivity index (χ4v) is 3.93. The van der Waals surface area contributed by atoms with Crippen LogP contribution in [0.4, 0.5) is 22.0 Å². The van der Waals surface area contributed by atoms with Gasteiger partial charge in [-0.3, -0.25) is 20.2 Å². The van der Waals surface area contributed by atoms with Gasteiger partial charge in [0.1, 0.15) is 29.7 Å². The van der Waals surface area contributed by atoms with Crippen molar-refractivity contribution in [3.05, 3.63) is 59.4 Å². The van der Waals surface area contributed by atoms with Crippen LogP contribution in [0.5, 0.6) is 17.2 Å². The number of fused-ring (bicyclic) bond motifs is 1. The molecule has 0 atom stereocenters. The van der Waals surface area contributed by atoms with Crippen molar-refractivity contribution in [2.45, 2.75) is 33.1 Å². The molecule has 3 amide bonds.